The first kappa shape index (κ1) is 10.8. The van der Waals surface area contributed by atoms with Crippen LogP contribution in [0.15, 0.2) is 41.6 Å². The molecule has 0 aliphatic carbocycles. The summed E-state index contributed by atoms with van der Waals surface area (Å²) in [5.74, 6) is 0. The molecule has 0 spiro atoms. The predicted molar refractivity (Wildman–Crippen MR) is 55.8 cm³/mol. The number of hydrogen-bond acceptors (Lipinski definition) is 3. The van der Waals surface area contributed by atoms with Crippen molar-refractivity contribution < 1.29 is 0 Å². The van der Waals surface area contributed by atoms with Crippen molar-refractivity contribution in [3.8, 4) is 5.69 Å². The Morgan fingerprint density at radius 1 is 1.15 bits per heavy atom. The molecule has 1 aromatic heterocycles. The minimum atomic E-state index is 0. The first-order valence-electron chi connectivity index (χ1n) is 3.53. The van der Waals surface area contributed by atoms with Crippen molar-refractivity contribution in [3.63, 3.8) is 0 Å². The van der Waals surface area contributed by atoms with Crippen molar-refractivity contribution in [3.05, 3.63) is 36.5 Å². The van der Waals surface area contributed by atoms with Gasteiger partial charge in [0.15, 0.2) is 0 Å². The molecule has 0 bridgehead atoms. The maximum atomic E-state index is 4.20. The predicted octanol–water partition coefficient (Wildman–Crippen LogP) is 0.907. The molecule has 2 aromatic rings. The van der Waals surface area contributed by atoms with Crippen LogP contribution >= 0.6 is 12.6 Å². The molecule has 0 aliphatic rings. The van der Waals surface area contributed by atoms with Gasteiger partial charge in [-0.1, -0.05) is 23.4 Å². The van der Waals surface area contributed by atoms with Gasteiger partial charge < -0.3 is 0 Å². The molecule has 5 heteroatoms. The van der Waals surface area contributed by atoms with Crippen LogP contribution in [0, 0.1) is 0 Å². The number of rotatable bonds is 1. The minimum absolute atomic E-state index is 0. The molecule has 0 fully saturated rings. The topological polar surface area (TPSA) is 30.7 Å². The summed E-state index contributed by atoms with van der Waals surface area (Å²) in [7, 11) is 0. The molecule has 0 N–H and O–H groups in total. The van der Waals surface area contributed by atoms with Gasteiger partial charge in [-0.2, -0.15) is 0 Å². The Morgan fingerprint density at radius 2 is 1.85 bits per heavy atom. The summed E-state index contributed by atoms with van der Waals surface area (Å²) in [6.07, 6.45) is 1.61. The van der Waals surface area contributed by atoms with E-state index in [1.54, 1.807) is 10.9 Å². The first-order chi connectivity index (χ1) is 5.88. The molecule has 0 radical (unpaired) electrons. The van der Waals surface area contributed by atoms with Crippen LogP contribution in [0.3, 0.4) is 0 Å². The van der Waals surface area contributed by atoms with Crippen molar-refractivity contribution in [2.45, 2.75) is 5.03 Å². The van der Waals surface area contributed by atoms with Gasteiger partial charge in [0, 0.05) is 0 Å². The van der Waals surface area contributed by atoms with Gasteiger partial charge in [-0.25, -0.2) is 4.68 Å². The Morgan fingerprint density at radius 3 is 2.38 bits per heavy atom. The average molecular weight is 201 g/mol. The van der Waals surface area contributed by atoms with E-state index in [9.17, 15) is 0 Å². The van der Waals surface area contributed by atoms with E-state index >= 15 is 0 Å². The summed E-state index contributed by atoms with van der Waals surface area (Å²) >= 11 is 4.20. The fourth-order valence-electron chi connectivity index (χ4n) is 0.983. The quantitative estimate of drug-likeness (QED) is 0.549. The average Bonchev–Trinajstić information content (AvgIpc) is 2.53. The second kappa shape index (κ2) is 4.81. The van der Waals surface area contributed by atoms with Gasteiger partial charge in [-0.15, -0.1) is 17.7 Å². The van der Waals surface area contributed by atoms with Crippen LogP contribution in [-0.4, -0.2) is 44.6 Å². The summed E-state index contributed by atoms with van der Waals surface area (Å²) in [6, 6.07) is 9.76. The van der Waals surface area contributed by atoms with Gasteiger partial charge in [-0.3, -0.25) is 0 Å². The van der Waals surface area contributed by atoms with Crippen LogP contribution in [0.5, 0.6) is 0 Å². The number of benzene rings is 1. The molecule has 62 valence electrons. The number of para-hydroxylation sites is 1. The molecule has 1 heterocycles. The molecule has 0 atom stereocenters. The van der Waals surface area contributed by atoms with Crippen LogP contribution in [0.2, 0.25) is 0 Å². The van der Waals surface area contributed by atoms with Crippen LogP contribution in [-0.2, 0) is 0 Å². The molecular weight excluding hydrogens is 193 g/mol. The van der Waals surface area contributed by atoms with Crippen molar-refractivity contribution in [2.75, 3.05) is 0 Å². The van der Waals surface area contributed by atoms with E-state index in [4.69, 9.17) is 0 Å². The van der Waals surface area contributed by atoms with E-state index in [-0.39, 0.29) is 29.6 Å². The summed E-state index contributed by atoms with van der Waals surface area (Å²) in [5.41, 5.74) is 0.972. The third kappa shape index (κ3) is 2.34. The second-order valence-electron chi connectivity index (χ2n) is 2.34. The van der Waals surface area contributed by atoms with E-state index in [1.807, 2.05) is 30.3 Å². The van der Waals surface area contributed by atoms with Crippen LogP contribution < -0.4 is 0 Å². The van der Waals surface area contributed by atoms with E-state index in [1.165, 1.54) is 0 Å². The molecule has 3 nitrogen and oxygen atoms in total. The van der Waals surface area contributed by atoms with E-state index in [0.29, 0.717) is 0 Å². The Hall–Kier alpha value is -0.290. The molecule has 0 saturated carbocycles. The number of aromatic nitrogens is 3. The summed E-state index contributed by atoms with van der Waals surface area (Å²) in [6.45, 7) is 0. The van der Waals surface area contributed by atoms with Crippen molar-refractivity contribution >= 4 is 42.2 Å². The molecule has 0 saturated heterocycles. The van der Waals surface area contributed by atoms with E-state index < -0.39 is 0 Å². The molecule has 0 aliphatic heterocycles. The van der Waals surface area contributed by atoms with Gasteiger partial charge in [-0.05, 0) is 12.1 Å². The summed E-state index contributed by atoms with van der Waals surface area (Å²) in [4.78, 5) is 0. The maximum absolute atomic E-state index is 4.20. The normalized spacial score (nSPS) is 9.31. The number of thiol groups is 1. The monoisotopic (exact) mass is 201 g/mol. The Kier molecular flexibility index (Phi) is 3.99. The molecule has 0 amide bonds. The molecular formula is C8H8N3NaS. The Bertz CT molecular complexity index is 374. The molecule has 13 heavy (non-hydrogen) atoms. The van der Waals surface area contributed by atoms with E-state index in [0.717, 1.165) is 10.7 Å². The van der Waals surface area contributed by atoms with Crippen molar-refractivity contribution in [1.29, 1.82) is 0 Å². The Labute approximate surface area is 104 Å². The number of hydrogen-bond donors (Lipinski definition) is 1. The fraction of sp³-hybridized carbons (Fsp3) is 0. The van der Waals surface area contributed by atoms with Gasteiger partial charge in [0.2, 0.25) is 0 Å². The van der Waals surface area contributed by atoms with Gasteiger partial charge in [0.05, 0.1) is 11.9 Å². The van der Waals surface area contributed by atoms with Crippen molar-refractivity contribution in [1.82, 2.24) is 15.0 Å². The van der Waals surface area contributed by atoms with Gasteiger partial charge in [0.25, 0.3) is 0 Å². The van der Waals surface area contributed by atoms with Gasteiger partial charge >= 0.3 is 29.6 Å². The second-order valence-corrected chi connectivity index (χ2v) is 2.80. The summed E-state index contributed by atoms with van der Waals surface area (Å²) < 4.78 is 1.67. The third-order valence-electron chi connectivity index (χ3n) is 1.53. The Balaban J connectivity index is 0.000000845. The van der Waals surface area contributed by atoms with E-state index in [2.05, 4.69) is 22.9 Å². The number of nitrogens with zero attached hydrogens (tertiary/aromatic N) is 3. The third-order valence-corrected chi connectivity index (χ3v) is 1.84. The van der Waals surface area contributed by atoms with Crippen LogP contribution in [0.1, 0.15) is 0 Å². The first-order valence-corrected chi connectivity index (χ1v) is 3.98. The SMILES string of the molecule is Sc1cnnn1-c1ccccc1.[NaH]. The standard InChI is InChI=1S/C8H7N3S.Na.H/c12-8-6-9-10-11(8)7-4-2-1-3-5-7;;/h1-6,12H;;. The molecule has 1 aromatic carbocycles. The zero-order valence-electron chi connectivity index (χ0n) is 6.25. The molecule has 0 unspecified atom stereocenters. The molecule has 2 rings (SSSR count). The fourth-order valence-corrected chi connectivity index (χ4v) is 1.19. The zero-order chi connectivity index (χ0) is 8.39. The van der Waals surface area contributed by atoms with Crippen LogP contribution in [0.25, 0.3) is 5.69 Å². The summed E-state index contributed by atoms with van der Waals surface area (Å²) in [5, 5.41) is 8.35. The van der Waals surface area contributed by atoms with Crippen molar-refractivity contribution in [2.24, 2.45) is 0 Å². The zero-order valence-corrected chi connectivity index (χ0v) is 7.15. The van der Waals surface area contributed by atoms with Crippen LogP contribution in [0.4, 0.5) is 0 Å². The van der Waals surface area contributed by atoms with Gasteiger partial charge in [0.1, 0.15) is 5.03 Å².